The van der Waals surface area contributed by atoms with Crippen LogP contribution in [0.2, 0.25) is 6.04 Å². The van der Waals surface area contributed by atoms with Crippen LogP contribution in [0, 0.1) is 0 Å². The Morgan fingerprint density at radius 2 is 1.79 bits per heavy atom. The van der Waals surface area contributed by atoms with Crippen molar-refractivity contribution >= 4 is 26.3 Å². The minimum Gasteiger partial charge on any atom is -0.379 e. The molecule has 0 aromatic heterocycles. The summed E-state index contributed by atoms with van der Waals surface area (Å²) in [6.45, 7) is 6.88. The zero-order chi connectivity index (χ0) is 20.8. The second-order valence-electron chi connectivity index (χ2n) is 7.31. The minimum absolute atomic E-state index is 0.136. The van der Waals surface area contributed by atoms with E-state index in [2.05, 4.69) is 11.0 Å². The van der Waals surface area contributed by atoms with Crippen LogP contribution in [0.1, 0.15) is 29.8 Å². The van der Waals surface area contributed by atoms with E-state index in [0.717, 1.165) is 29.1 Å². The maximum Gasteiger partial charge on any atom is 0.500 e. The summed E-state index contributed by atoms with van der Waals surface area (Å²) in [6.07, 6.45) is 2.70. The van der Waals surface area contributed by atoms with Crippen molar-refractivity contribution in [1.82, 2.24) is 4.90 Å². The van der Waals surface area contributed by atoms with E-state index < -0.39 is 14.3 Å². The highest BCUT2D eigenvalue weighted by Gasteiger charge is 2.39. The normalized spacial score (nSPS) is 16.4. The van der Waals surface area contributed by atoms with Gasteiger partial charge in [0.2, 0.25) is 0 Å². The first kappa shape index (κ1) is 23.5. The quantitative estimate of drug-likeness (QED) is 0.323. The van der Waals surface area contributed by atoms with Gasteiger partial charge in [-0.3, -0.25) is 9.69 Å². The van der Waals surface area contributed by atoms with Crippen LogP contribution in [-0.4, -0.2) is 78.9 Å². The molecule has 0 N–H and O–H groups in total. The molecule has 1 aromatic carbocycles. The Bertz CT molecular complexity index is 652. The molecule has 0 atom stereocenters. The molecule has 1 aromatic rings. The molecule has 28 heavy (non-hydrogen) atoms. The summed E-state index contributed by atoms with van der Waals surface area (Å²) < 4.78 is 22.1. The third-order valence-corrected chi connectivity index (χ3v) is 9.00. The molecule has 0 aliphatic carbocycles. The van der Waals surface area contributed by atoms with E-state index in [9.17, 15) is 4.79 Å². The summed E-state index contributed by atoms with van der Waals surface area (Å²) >= 11 is 1.67. The van der Waals surface area contributed by atoms with Crippen molar-refractivity contribution < 1.29 is 22.8 Å². The number of aryl methyl sites for hydroxylation is 1. The summed E-state index contributed by atoms with van der Waals surface area (Å²) in [6, 6.07) is 6.70. The summed E-state index contributed by atoms with van der Waals surface area (Å²) in [7, 11) is 2.14. The van der Waals surface area contributed by atoms with Crippen LogP contribution in [0.4, 0.5) is 0 Å². The van der Waals surface area contributed by atoms with Crippen LogP contribution in [0.25, 0.3) is 0 Å². The summed E-state index contributed by atoms with van der Waals surface area (Å²) in [5, 5.41) is 0. The predicted molar refractivity (Wildman–Crippen MR) is 114 cm³/mol. The molecule has 8 heteroatoms. The molecule has 2 rings (SSSR count). The molecule has 0 radical (unpaired) electrons. The lowest BCUT2D eigenvalue weighted by Crippen LogP contribution is -2.54. The fraction of sp³-hybridized carbons (Fsp3) is 0.650. The highest BCUT2D eigenvalue weighted by molar-refractivity contribution is 7.98. The average Bonchev–Trinajstić information content (AvgIpc) is 2.75. The van der Waals surface area contributed by atoms with E-state index in [-0.39, 0.29) is 5.78 Å². The number of Topliss-reactive ketones (excluding diaryl/α,β-unsaturated/α-hetero) is 1. The number of thioether (sulfide) groups is 1. The number of rotatable bonds is 10. The molecule has 0 bridgehead atoms. The summed E-state index contributed by atoms with van der Waals surface area (Å²) in [5.74, 6) is 0.136. The number of carbonyl (C=O) groups excluding carboxylic acids is 1. The van der Waals surface area contributed by atoms with Crippen molar-refractivity contribution in [3.05, 3.63) is 29.3 Å². The molecule has 1 saturated heterocycles. The fourth-order valence-electron chi connectivity index (χ4n) is 3.56. The molecule has 6 nitrogen and oxygen atoms in total. The van der Waals surface area contributed by atoms with Crippen LogP contribution >= 0.6 is 11.8 Å². The number of morpholine rings is 1. The average molecular weight is 428 g/mol. The third kappa shape index (κ3) is 5.24. The third-order valence-electron chi connectivity index (χ3n) is 5.55. The Morgan fingerprint density at radius 1 is 1.18 bits per heavy atom. The van der Waals surface area contributed by atoms with Crippen LogP contribution < -0.4 is 0 Å². The Morgan fingerprint density at radius 3 is 2.32 bits per heavy atom. The van der Waals surface area contributed by atoms with E-state index in [1.54, 1.807) is 33.1 Å². The van der Waals surface area contributed by atoms with Gasteiger partial charge in [-0.25, -0.2) is 0 Å². The van der Waals surface area contributed by atoms with Crippen molar-refractivity contribution in [3.63, 3.8) is 0 Å². The number of ether oxygens (including phenoxy) is 1. The van der Waals surface area contributed by atoms with Gasteiger partial charge in [0.1, 0.15) is 0 Å². The monoisotopic (exact) mass is 427 g/mol. The van der Waals surface area contributed by atoms with Gasteiger partial charge < -0.3 is 18.0 Å². The highest BCUT2D eigenvalue weighted by atomic mass is 32.2. The minimum atomic E-state index is -2.71. The van der Waals surface area contributed by atoms with Gasteiger partial charge in [0.05, 0.1) is 18.8 Å². The van der Waals surface area contributed by atoms with Gasteiger partial charge in [0.25, 0.3) is 0 Å². The molecule has 1 heterocycles. The molecule has 0 spiro atoms. The highest BCUT2D eigenvalue weighted by Crippen LogP contribution is 2.28. The Labute approximate surface area is 174 Å². The molecule has 0 saturated carbocycles. The summed E-state index contributed by atoms with van der Waals surface area (Å²) in [5.41, 5.74) is 1.19. The molecule has 1 aliphatic rings. The van der Waals surface area contributed by atoms with Crippen LogP contribution in [-0.2, 0) is 24.4 Å². The van der Waals surface area contributed by atoms with Crippen molar-refractivity contribution in [2.24, 2.45) is 0 Å². The molecule has 0 amide bonds. The van der Waals surface area contributed by atoms with Crippen molar-refractivity contribution in [1.29, 1.82) is 0 Å². The molecular formula is C20H33NO5SSi. The maximum atomic E-state index is 13.5. The first-order chi connectivity index (χ1) is 13.3. The van der Waals surface area contributed by atoms with E-state index in [4.69, 9.17) is 18.0 Å². The zero-order valence-corrected chi connectivity index (χ0v) is 19.7. The van der Waals surface area contributed by atoms with Crippen molar-refractivity contribution in [2.75, 3.05) is 53.9 Å². The lowest BCUT2D eigenvalue weighted by atomic mass is 9.88. The standard InChI is InChI=1S/C20H33NO5SSi/c1-20(2,21-10-12-26-13-11-21)19(22)18-8-7-17(27-6)15-16(18)9-14-28(23-3,24-4)25-5/h7-8,15H,9-14H2,1-6H3. The van der Waals surface area contributed by atoms with Gasteiger partial charge in [-0.05, 0) is 50.3 Å². The molecule has 0 unspecified atom stereocenters. The van der Waals surface area contributed by atoms with Crippen LogP contribution in [0.5, 0.6) is 0 Å². The van der Waals surface area contributed by atoms with Gasteiger partial charge in [-0.1, -0.05) is 0 Å². The summed E-state index contributed by atoms with van der Waals surface area (Å²) in [4.78, 5) is 16.9. The largest absolute Gasteiger partial charge is 0.500 e. The Balaban J connectivity index is 2.31. The van der Waals surface area contributed by atoms with Crippen molar-refractivity contribution in [3.8, 4) is 0 Å². The zero-order valence-electron chi connectivity index (χ0n) is 17.9. The molecular weight excluding hydrogens is 394 g/mol. The smallest absolute Gasteiger partial charge is 0.379 e. The number of hydrogen-bond acceptors (Lipinski definition) is 7. The maximum absolute atomic E-state index is 13.5. The lowest BCUT2D eigenvalue weighted by Gasteiger charge is -2.40. The van der Waals surface area contributed by atoms with Gasteiger partial charge in [-0.2, -0.15) is 0 Å². The lowest BCUT2D eigenvalue weighted by molar-refractivity contribution is -0.00433. The van der Waals surface area contributed by atoms with Crippen molar-refractivity contribution in [2.45, 2.75) is 36.7 Å². The van der Waals surface area contributed by atoms with E-state index in [1.165, 1.54) is 0 Å². The topological polar surface area (TPSA) is 57.2 Å². The first-order valence-corrected chi connectivity index (χ1v) is 12.7. The second-order valence-corrected chi connectivity index (χ2v) is 11.3. The van der Waals surface area contributed by atoms with Gasteiger partial charge in [0, 0.05) is 50.9 Å². The van der Waals surface area contributed by atoms with E-state index >= 15 is 0 Å². The second kappa shape index (κ2) is 10.3. The SMILES string of the molecule is CO[Si](CCc1cc(SC)ccc1C(=O)C(C)(C)N1CCOCC1)(OC)OC. The van der Waals surface area contributed by atoms with Gasteiger partial charge >= 0.3 is 8.80 Å². The number of carbonyl (C=O) groups is 1. The fourth-order valence-corrected chi connectivity index (χ4v) is 5.72. The predicted octanol–water partition coefficient (Wildman–Crippen LogP) is 3.12. The molecule has 1 aliphatic heterocycles. The van der Waals surface area contributed by atoms with E-state index in [0.29, 0.717) is 25.7 Å². The first-order valence-electron chi connectivity index (χ1n) is 9.53. The van der Waals surface area contributed by atoms with Gasteiger partial charge in [0.15, 0.2) is 5.78 Å². The number of ketones is 1. The molecule has 158 valence electrons. The van der Waals surface area contributed by atoms with Gasteiger partial charge in [-0.15, -0.1) is 11.8 Å². The number of benzene rings is 1. The number of hydrogen-bond donors (Lipinski definition) is 0. The van der Waals surface area contributed by atoms with Crippen LogP contribution in [0.3, 0.4) is 0 Å². The van der Waals surface area contributed by atoms with E-state index in [1.807, 2.05) is 32.2 Å². The molecule has 1 fully saturated rings. The number of nitrogens with zero attached hydrogens (tertiary/aromatic N) is 1. The van der Waals surface area contributed by atoms with Crippen LogP contribution in [0.15, 0.2) is 23.1 Å². The Kier molecular flexibility index (Phi) is 8.69. The Hall–Kier alpha value is -0.743.